The number of hydrogen-bond acceptors (Lipinski definition) is 5. The Bertz CT molecular complexity index is 659. The van der Waals surface area contributed by atoms with Crippen molar-refractivity contribution in [3.63, 3.8) is 0 Å². The molecule has 0 bridgehead atoms. The van der Waals surface area contributed by atoms with Crippen LogP contribution in [0.5, 0.6) is 0 Å². The van der Waals surface area contributed by atoms with Crippen LogP contribution in [-0.2, 0) is 19.1 Å². The zero-order chi connectivity index (χ0) is 18.3. The predicted octanol–water partition coefficient (Wildman–Crippen LogP) is 2.56. The van der Waals surface area contributed by atoms with E-state index < -0.39 is 18.0 Å². The maximum Gasteiger partial charge on any atom is 0.334 e. The van der Waals surface area contributed by atoms with E-state index in [1.54, 1.807) is 19.9 Å². The molecule has 2 aliphatic carbocycles. The summed E-state index contributed by atoms with van der Waals surface area (Å²) in [5, 5.41) is 9.93. The van der Waals surface area contributed by atoms with Gasteiger partial charge in [0.2, 0.25) is 0 Å². The van der Waals surface area contributed by atoms with Gasteiger partial charge in [-0.05, 0) is 45.4 Å². The summed E-state index contributed by atoms with van der Waals surface area (Å²) in [5.74, 6) is -0.903. The zero-order valence-electron chi connectivity index (χ0n) is 15.0. The molecule has 2 fully saturated rings. The third kappa shape index (κ3) is 2.95. The van der Waals surface area contributed by atoms with E-state index >= 15 is 0 Å². The number of esters is 2. The lowest BCUT2D eigenvalue weighted by Crippen LogP contribution is -2.36. The first-order valence-corrected chi connectivity index (χ1v) is 8.90. The van der Waals surface area contributed by atoms with E-state index in [2.05, 4.69) is 12.7 Å². The Balaban J connectivity index is 1.97. The lowest BCUT2D eigenvalue weighted by Gasteiger charge is -2.29. The highest BCUT2D eigenvalue weighted by molar-refractivity contribution is 5.91. The van der Waals surface area contributed by atoms with Crippen LogP contribution in [0.2, 0.25) is 0 Å². The molecule has 1 heterocycles. The summed E-state index contributed by atoms with van der Waals surface area (Å²) in [4.78, 5) is 24.5. The average molecular weight is 346 g/mol. The molecular weight excluding hydrogens is 320 g/mol. The zero-order valence-corrected chi connectivity index (χ0v) is 15.0. The Kier molecular flexibility index (Phi) is 4.87. The number of aliphatic hydroxyl groups is 1. The van der Waals surface area contributed by atoms with E-state index in [9.17, 15) is 14.7 Å². The van der Waals surface area contributed by atoms with Crippen molar-refractivity contribution in [3.05, 3.63) is 35.5 Å². The average Bonchev–Trinajstić information content (AvgIpc) is 3.06. The fraction of sp³-hybridized carbons (Fsp3) is 0.600. The number of allylic oxidation sites excluding steroid dienone is 2. The predicted molar refractivity (Wildman–Crippen MR) is 92.4 cm³/mol. The summed E-state index contributed by atoms with van der Waals surface area (Å²) in [5.41, 5.74) is 2.07. The van der Waals surface area contributed by atoms with Crippen LogP contribution in [0.15, 0.2) is 35.5 Å². The summed E-state index contributed by atoms with van der Waals surface area (Å²) in [6.07, 6.45) is 4.35. The van der Waals surface area contributed by atoms with Crippen LogP contribution in [0.3, 0.4) is 0 Å². The molecule has 25 heavy (non-hydrogen) atoms. The Hall–Kier alpha value is -1.88. The standard InChI is InChI=1S/C20H26O5/c1-5-10(2)19(22)24-15-8-13(9-21)14-7-6-11(3)16(14)18-17(15)12(4)20(23)25-18/h5-6,13-18,21H,4,7-9H2,1-3H3/b10-5+/t13-,14+,15-,16+,17-,18-/m1/s1. The Labute approximate surface area is 148 Å². The van der Waals surface area contributed by atoms with Crippen LogP contribution in [0.4, 0.5) is 0 Å². The minimum absolute atomic E-state index is 0.000450. The number of carbonyl (C=O) groups is 2. The Morgan fingerprint density at radius 2 is 2.20 bits per heavy atom. The van der Waals surface area contributed by atoms with Crippen molar-refractivity contribution in [2.24, 2.45) is 23.7 Å². The van der Waals surface area contributed by atoms with Gasteiger partial charge in [0.05, 0.1) is 5.92 Å². The van der Waals surface area contributed by atoms with Gasteiger partial charge in [-0.3, -0.25) is 0 Å². The fourth-order valence-electron chi connectivity index (χ4n) is 4.57. The highest BCUT2D eigenvalue weighted by Gasteiger charge is 2.55. The van der Waals surface area contributed by atoms with E-state index in [4.69, 9.17) is 9.47 Å². The number of fused-ring (bicyclic) bond motifs is 3. The van der Waals surface area contributed by atoms with Gasteiger partial charge in [-0.15, -0.1) is 0 Å². The van der Waals surface area contributed by atoms with Crippen molar-refractivity contribution in [1.29, 1.82) is 0 Å². The summed E-state index contributed by atoms with van der Waals surface area (Å²) in [6, 6.07) is 0. The summed E-state index contributed by atoms with van der Waals surface area (Å²) >= 11 is 0. The first kappa shape index (κ1) is 17.9. The van der Waals surface area contributed by atoms with Crippen LogP contribution in [0.25, 0.3) is 0 Å². The minimum atomic E-state index is -0.512. The van der Waals surface area contributed by atoms with Crippen LogP contribution < -0.4 is 0 Å². The van der Waals surface area contributed by atoms with E-state index in [1.165, 1.54) is 5.57 Å². The molecule has 0 spiro atoms. The second-order valence-electron chi connectivity index (χ2n) is 7.39. The van der Waals surface area contributed by atoms with Crippen LogP contribution in [0.1, 0.15) is 33.6 Å². The van der Waals surface area contributed by atoms with Gasteiger partial charge in [0.1, 0.15) is 12.2 Å². The van der Waals surface area contributed by atoms with Gasteiger partial charge in [-0.1, -0.05) is 24.3 Å². The van der Waals surface area contributed by atoms with Gasteiger partial charge >= 0.3 is 11.9 Å². The Morgan fingerprint density at radius 3 is 2.84 bits per heavy atom. The van der Waals surface area contributed by atoms with Gasteiger partial charge in [0, 0.05) is 23.7 Å². The van der Waals surface area contributed by atoms with Gasteiger partial charge in [0.15, 0.2) is 0 Å². The number of carbonyl (C=O) groups excluding carboxylic acids is 2. The summed E-state index contributed by atoms with van der Waals surface area (Å²) in [7, 11) is 0. The molecule has 1 saturated heterocycles. The largest absolute Gasteiger partial charge is 0.458 e. The highest BCUT2D eigenvalue weighted by Crippen LogP contribution is 2.51. The maximum absolute atomic E-state index is 12.3. The summed E-state index contributed by atoms with van der Waals surface area (Å²) < 4.78 is 11.4. The molecule has 0 unspecified atom stereocenters. The molecular formula is C20H26O5. The molecule has 0 radical (unpaired) electrons. The van der Waals surface area contributed by atoms with Crippen molar-refractivity contribution in [3.8, 4) is 0 Å². The van der Waals surface area contributed by atoms with Crippen molar-refractivity contribution in [1.82, 2.24) is 0 Å². The monoisotopic (exact) mass is 346 g/mol. The molecule has 0 aromatic rings. The van der Waals surface area contributed by atoms with Gasteiger partial charge in [-0.2, -0.15) is 0 Å². The first-order valence-electron chi connectivity index (χ1n) is 8.90. The molecule has 3 rings (SSSR count). The van der Waals surface area contributed by atoms with Crippen LogP contribution in [-0.4, -0.2) is 35.9 Å². The van der Waals surface area contributed by atoms with E-state index in [1.807, 2.05) is 6.92 Å². The van der Waals surface area contributed by atoms with Crippen molar-refractivity contribution in [2.75, 3.05) is 6.61 Å². The third-order valence-corrected chi connectivity index (χ3v) is 6.10. The molecule has 1 saturated carbocycles. The highest BCUT2D eigenvalue weighted by atomic mass is 16.6. The van der Waals surface area contributed by atoms with Crippen molar-refractivity contribution < 1.29 is 24.2 Å². The van der Waals surface area contributed by atoms with E-state index in [-0.39, 0.29) is 36.4 Å². The topological polar surface area (TPSA) is 72.8 Å². The van der Waals surface area contributed by atoms with Crippen LogP contribution in [0, 0.1) is 23.7 Å². The minimum Gasteiger partial charge on any atom is -0.458 e. The molecule has 0 aromatic carbocycles. The lowest BCUT2D eigenvalue weighted by molar-refractivity contribution is -0.148. The van der Waals surface area contributed by atoms with Gasteiger partial charge in [-0.25, -0.2) is 9.59 Å². The molecule has 0 aromatic heterocycles. The SMILES string of the molecule is C=C1C(=O)O[C@@H]2[C@H]3C(C)=CC[C@H]3[C@@H](CO)C[C@@H](OC(=O)/C(C)=C/C)[C@@H]12. The maximum atomic E-state index is 12.3. The second-order valence-corrected chi connectivity index (χ2v) is 7.39. The second kappa shape index (κ2) is 6.79. The number of hydrogen-bond donors (Lipinski definition) is 1. The van der Waals surface area contributed by atoms with Crippen LogP contribution >= 0.6 is 0 Å². The molecule has 0 amide bonds. The fourth-order valence-corrected chi connectivity index (χ4v) is 4.57. The van der Waals surface area contributed by atoms with Gasteiger partial charge in [0.25, 0.3) is 0 Å². The molecule has 5 heteroatoms. The first-order chi connectivity index (χ1) is 11.9. The molecule has 5 nitrogen and oxygen atoms in total. The van der Waals surface area contributed by atoms with E-state index in [0.717, 1.165) is 6.42 Å². The molecule has 6 atom stereocenters. The Morgan fingerprint density at radius 1 is 1.48 bits per heavy atom. The third-order valence-electron chi connectivity index (χ3n) is 6.10. The van der Waals surface area contributed by atoms with E-state index in [0.29, 0.717) is 17.6 Å². The van der Waals surface area contributed by atoms with Crippen molar-refractivity contribution >= 4 is 11.9 Å². The van der Waals surface area contributed by atoms with Crippen molar-refractivity contribution in [2.45, 2.75) is 45.8 Å². The quantitative estimate of drug-likeness (QED) is 0.483. The molecule has 136 valence electrons. The number of rotatable bonds is 3. The van der Waals surface area contributed by atoms with Gasteiger partial charge < -0.3 is 14.6 Å². The smallest absolute Gasteiger partial charge is 0.334 e. The molecule has 3 aliphatic rings. The summed E-state index contributed by atoms with van der Waals surface area (Å²) in [6.45, 7) is 9.46. The number of aliphatic hydroxyl groups excluding tert-OH is 1. The number of ether oxygens (including phenoxy) is 2. The lowest BCUT2D eigenvalue weighted by atomic mass is 9.78. The molecule has 1 N–H and O–H groups in total. The molecule has 1 aliphatic heterocycles. The normalized spacial score (nSPS) is 37.8.